The number of anilines is 3. The minimum absolute atomic E-state index is 0.283. The first-order chi connectivity index (χ1) is 20.7. The van der Waals surface area contributed by atoms with Crippen LogP contribution < -0.4 is 4.90 Å². The summed E-state index contributed by atoms with van der Waals surface area (Å²) in [5.74, 6) is -0.283. The fourth-order valence-corrected chi connectivity index (χ4v) is 5.79. The standard InChI is InChI=1S/C40H28FN/c1-2-28-18-22-36-31(24-28)19-20-32-25-35(21-23-37(32)36)42(34-16-10-5-11-17-34)40-38(30-14-8-4-9-15-30)26-33(27-39(40)41)29-12-6-3-7-13-29/h2-27H,1H2. The van der Waals surface area contributed by atoms with Crippen molar-refractivity contribution in [3.05, 3.63) is 170 Å². The van der Waals surface area contributed by atoms with Gasteiger partial charge in [0.15, 0.2) is 0 Å². The maximum Gasteiger partial charge on any atom is 0.148 e. The minimum atomic E-state index is -0.283. The number of hydrogen-bond donors (Lipinski definition) is 0. The molecule has 1 nitrogen and oxygen atoms in total. The normalized spacial score (nSPS) is 11.1. The number of fused-ring (bicyclic) bond motifs is 3. The van der Waals surface area contributed by atoms with Gasteiger partial charge in [-0.05, 0) is 86.3 Å². The average Bonchev–Trinajstić information content (AvgIpc) is 3.06. The zero-order valence-corrected chi connectivity index (χ0v) is 23.0. The summed E-state index contributed by atoms with van der Waals surface area (Å²) in [6, 6.07) is 50.9. The van der Waals surface area contributed by atoms with Crippen molar-refractivity contribution in [3.63, 3.8) is 0 Å². The van der Waals surface area contributed by atoms with Crippen LogP contribution in [0.15, 0.2) is 158 Å². The molecule has 0 unspecified atom stereocenters. The Labute approximate surface area is 245 Å². The SMILES string of the molecule is C=Cc1ccc2c(ccc3cc(N(c4ccccc4)c4c(F)cc(-c5ccccc5)cc4-c4ccccc4)ccc32)c1. The quantitative estimate of drug-likeness (QED) is 0.189. The Morgan fingerprint density at radius 1 is 0.500 bits per heavy atom. The summed E-state index contributed by atoms with van der Waals surface area (Å²) >= 11 is 0. The fourth-order valence-electron chi connectivity index (χ4n) is 5.79. The van der Waals surface area contributed by atoms with E-state index in [2.05, 4.69) is 61.2 Å². The molecule has 0 aliphatic heterocycles. The Balaban J connectivity index is 1.48. The van der Waals surface area contributed by atoms with Crippen molar-refractivity contribution in [2.24, 2.45) is 0 Å². The van der Waals surface area contributed by atoms with Gasteiger partial charge in [0.1, 0.15) is 5.82 Å². The first-order valence-corrected chi connectivity index (χ1v) is 14.1. The van der Waals surface area contributed by atoms with Gasteiger partial charge in [0.05, 0.1) is 5.69 Å². The second kappa shape index (κ2) is 10.8. The molecule has 0 aromatic heterocycles. The van der Waals surface area contributed by atoms with Gasteiger partial charge < -0.3 is 4.90 Å². The van der Waals surface area contributed by atoms with Crippen molar-refractivity contribution in [1.82, 2.24) is 0 Å². The first-order valence-electron chi connectivity index (χ1n) is 14.1. The van der Waals surface area contributed by atoms with Crippen LogP contribution in [0.5, 0.6) is 0 Å². The van der Waals surface area contributed by atoms with Crippen LogP contribution in [-0.2, 0) is 0 Å². The predicted molar refractivity (Wildman–Crippen MR) is 177 cm³/mol. The number of halogens is 1. The molecule has 0 amide bonds. The molecule has 0 fully saturated rings. The molecule has 0 bridgehead atoms. The van der Waals surface area contributed by atoms with E-state index in [9.17, 15) is 0 Å². The zero-order valence-electron chi connectivity index (χ0n) is 23.0. The largest absolute Gasteiger partial charge is 0.307 e. The number of hydrogen-bond acceptors (Lipinski definition) is 1. The van der Waals surface area contributed by atoms with Gasteiger partial charge in [-0.2, -0.15) is 0 Å². The molecule has 200 valence electrons. The van der Waals surface area contributed by atoms with Gasteiger partial charge in [0.2, 0.25) is 0 Å². The van der Waals surface area contributed by atoms with Crippen LogP contribution in [0, 0.1) is 5.82 Å². The van der Waals surface area contributed by atoms with Gasteiger partial charge in [0, 0.05) is 16.9 Å². The van der Waals surface area contributed by atoms with Crippen molar-refractivity contribution >= 4 is 44.7 Å². The predicted octanol–water partition coefficient (Wildman–Crippen LogP) is 11.6. The van der Waals surface area contributed by atoms with Crippen molar-refractivity contribution in [1.29, 1.82) is 0 Å². The zero-order chi connectivity index (χ0) is 28.5. The summed E-state index contributed by atoms with van der Waals surface area (Å²) in [5.41, 5.74) is 6.98. The van der Waals surface area contributed by atoms with Crippen LogP contribution in [0.2, 0.25) is 0 Å². The lowest BCUT2D eigenvalue weighted by molar-refractivity contribution is 0.630. The van der Waals surface area contributed by atoms with Crippen LogP contribution in [-0.4, -0.2) is 0 Å². The van der Waals surface area contributed by atoms with Gasteiger partial charge in [-0.25, -0.2) is 4.39 Å². The Morgan fingerprint density at radius 3 is 1.76 bits per heavy atom. The summed E-state index contributed by atoms with van der Waals surface area (Å²) in [5, 5.41) is 4.60. The highest BCUT2D eigenvalue weighted by Crippen LogP contribution is 2.45. The molecule has 0 N–H and O–H groups in total. The van der Waals surface area contributed by atoms with Crippen LogP contribution in [0.3, 0.4) is 0 Å². The molecule has 0 atom stereocenters. The fraction of sp³-hybridized carbons (Fsp3) is 0. The van der Waals surface area contributed by atoms with Gasteiger partial charge >= 0.3 is 0 Å². The lowest BCUT2D eigenvalue weighted by Gasteiger charge is -2.29. The molecular formula is C40H28FN. The molecule has 2 heteroatoms. The average molecular weight is 542 g/mol. The molecule has 0 saturated carbocycles. The molecule has 42 heavy (non-hydrogen) atoms. The molecule has 0 spiro atoms. The molecule has 0 saturated heterocycles. The lowest BCUT2D eigenvalue weighted by atomic mass is 9.95. The summed E-state index contributed by atoms with van der Waals surface area (Å²) in [6.07, 6.45) is 1.87. The Bertz CT molecular complexity index is 2050. The second-order valence-electron chi connectivity index (χ2n) is 10.4. The molecule has 0 aliphatic rings. The van der Waals surface area contributed by atoms with Gasteiger partial charge in [0.25, 0.3) is 0 Å². The van der Waals surface area contributed by atoms with E-state index in [0.717, 1.165) is 50.0 Å². The van der Waals surface area contributed by atoms with E-state index in [4.69, 9.17) is 0 Å². The van der Waals surface area contributed by atoms with E-state index >= 15 is 4.39 Å². The van der Waals surface area contributed by atoms with Gasteiger partial charge in [-0.1, -0.05) is 122 Å². The van der Waals surface area contributed by atoms with Crippen molar-refractivity contribution in [2.45, 2.75) is 0 Å². The molecular weight excluding hydrogens is 513 g/mol. The lowest BCUT2D eigenvalue weighted by Crippen LogP contribution is -2.13. The number of nitrogens with zero attached hydrogens (tertiary/aromatic N) is 1. The molecule has 7 aromatic carbocycles. The third-order valence-corrected chi connectivity index (χ3v) is 7.83. The van der Waals surface area contributed by atoms with Crippen molar-refractivity contribution in [3.8, 4) is 22.3 Å². The molecule has 0 heterocycles. The maximum atomic E-state index is 16.6. The van der Waals surface area contributed by atoms with Crippen molar-refractivity contribution in [2.75, 3.05) is 4.90 Å². The van der Waals surface area contributed by atoms with Crippen LogP contribution in [0.4, 0.5) is 21.5 Å². The summed E-state index contributed by atoms with van der Waals surface area (Å²) in [4.78, 5) is 2.04. The maximum absolute atomic E-state index is 16.6. The summed E-state index contributed by atoms with van der Waals surface area (Å²) in [7, 11) is 0. The van der Waals surface area contributed by atoms with E-state index in [0.29, 0.717) is 5.69 Å². The highest BCUT2D eigenvalue weighted by Gasteiger charge is 2.23. The summed E-state index contributed by atoms with van der Waals surface area (Å²) < 4.78 is 16.6. The molecule has 7 aromatic rings. The van der Waals surface area contributed by atoms with E-state index < -0.39 is 0 Å². The third-order valence-electron chi connectivity index (χ3n) is 7.83. The highest BCUT2D eigenvalue weighted by molar-refractivity contribution is 6.09. The van der Waals surface area contributed by atoms with E-state index in [1.807, 2.05) is 102 Å². The third kappa shape index (κ3) is 4.63. The number of benzene rings is 7. The number of para-hydroxylation sites is 1. The Morgan fingerprint density at radius 2 is 1.10 bits per heavy atom. The Hall–Kier alpha value is -5.47. The smallest absolute Gasteiger partial charge is 0.148 e. The monoisotopic (exact) mass is 541 g/mol. The number of rotatable bonds is 6. The minimum Gasteiger partial charge on any atom is -0.307 e. The molecule has 0 radical (unpaired) electrons. The topological polar surface area (TPSA) is 3.24 Å². The molecule has 0 aliphatic carbocycles. The first kappa shape index (κ1) is 25.5. The van der Waals surface area contributed by atoms with Gasteiger partial charge in [-0.15, -0.1) is 0 Å². The van der Waals surface area contributed by atoms with Crippen LogP contribution >= 0.6 is 0 Å². The van der Waals surface area contributed by atoms with Crippen LogP contribution in [0.25, 0.3) is 49.9 Å². The van der Waals surface area contributed by atoms with Crippen LogP contribution in [0.1, 0.15) is 5.56 Å². The van der Waals surface area contributed by atoms with Crippen molar-refractivity contribution < 1.29 is 4.39 Å². The van der Waals surface area contributed by atoms with Gasteiger partial charge in [-0.3, -0.25) is 0 Å². The molecule has 7 rings (SSSR count). The van der Waals surface area contributed by atoms with E-state index in [1.54, 1.807) is 6.07 Å². The second-order valence-corrected chi connectivity index (χ2v) is 10.4. The summed E-state index contributed by atoms with van der Waals surface area (Å²) in [6.45, 7) is 3.91. The highest BCUT2D eigenvalue weighted by atomic mass is 19.1. The van der Waals surface area contributed by atoms with E-state index in [-0.39, 0.29) is 5.82 Å². The van der Waals surface area contributed by atoms with E-state index in [1.165, 1.54) is 10.8 Å². The Kier molecular flexibility index (Phi) is 6.58.